The average molecular weight is 380 g/mol. The Morgan fingerprint density at radius 2 is 1.58 bits per heavy atom. The summed E-state index contributed by atoms with van der Waals surface area (Å²) in [6.45, 7) is 2.46. The smallest absolute Gasteiger partial charge is 0.239 e. The van der Waals surface area contributed by atoms with Crippen molar-refractivity contribution in [1.82, 2.24) is 9.80 Å². The molecule has 0 unspecified atom stereocenters. The zero-order valence-electron chi connectivity index (χ0n) is 15.3. The van der Waals surface area contributed by atoms with E-state index in [0.717, 1.165) is 5.56 Å². The first-order valence-electron chi connectivity index (χ1n) is 9.49. The van der Waals surface area contributed by atoms with Crippen LogP contribution < -0.4 is 5.73 Å². The molecule has 144 valence electrons. The number of hydrogen-bond donors (Lipinski definition) is 1. The van der Waals surface area contributed by atoms with Crippen LogP contribution in [0.1, 0.15) is 37.7 Å². The van der Waals surface area contributed by atoms with Gasteiger partial charge < -0.3 is 15.5 Å². The number of nitrogens with zero attached hydrogens (tertiary/aromatic N) is 2. The third-order valence-corrected chi connectivity index (χ3v) is 5.50. The Bertz CT molecular complexity index is 582. The topological polar surface area (TPSA) is 66.6 Å². The Hall–Kier alpha value is -1.59. The van der Waals surface area contributed by atoms with Crippen LogP contribution in [0.2, 0.25) is 0 Å². The van der Waals surface area contributed by atoms with Crippen molar-refractivity contribution in [2.24, 2.45) is 11.7 Å². The van der Waals surface area contributed by atoms with Crippen LogP contribution in [-0.4, -0.2) is 53.8 Å². The molecule has 0 aromatic heterocycles. The van der Waals surface area contributed by atoms with Crippen LogP contribution in [0.4, 0.5) is 0 Å². The van der Waals surface area contributed by atoms with Gasteiger partial charge in [0.15, 0.2) is 0 Å². The molecule has 2 aliphatic rings. The zero-order chi connectivity index (χ0) is 17.6. The summed E-state index contributed by atoms with van der Waals surface area (Å²) >= 11 is 0. The number of carbonyl (C=O) groups is 2. The maximum Gasteiger partial charge on any atom is 0.239 e. The van der Waals surface area contributed by atoms with E-state index in [-0.39, 0.29) is 24.2 Å². The number of nitrogens with two attached hydrogens (primary N) is 1. The van der Waals surface area contributed by atoms with E-state index in [1.807, 2.05) is 40.1 Å². The van der Waals surface area contributed by atoms with E-state index in [4.69, 9.17) is 5.73 Å². The van der Waals surface area contributed by atoms with Gasteiger partial charge in [0.25, 0.3) is 0 Å². The summed E-state index contributed by atoms with van der Waals surface area (Å²) in [7, 11) is 0. The van der Waals surface area contributed by atoms with Crippen LogP contribution in [-0.2, 0) is 16.0 Å². The fraction of sp³-hybridized carbons (Fsp3) is 0.600. The zero-order valence-corrected chi connectivity index (χ0v) is 16.1. The molecule has 1 aliphatic heterocycles. The van der Waals surface area contributed by atoms with Crippen LogP contribution in [0.25, 0.3) is 0 Å². The van der Waals surface area contributed by atoms with Gasteiger partial charge in [-0.25, -0.2) is 0 Å². The van der Waals surface area contributed by atoms with Crippen molar-refractivity contribution < 1.29 is 9.59 Å². The van der Waals surface area contributed by atoms with Gasteiger partial charge >= 0.3 is 0 Å². The summed E-state index contributed by atoms with van der Waals surface area (Å²) in [6, 6.07) is 9.35. The number of carbonyl (C=O) groups excluding carboxylic acids is 2. The lowest BCUT2D eigenvalue weighted by Crippen LogP contribution is -2.54. The number of amides is 2. The first kappa shape index (κ1) is 20.7. The minimum absolute atomic E-state index is 0. The predicted octanol–water partition coefficient (Wildman–Crippen LogP) is 2.23. The predicted molar refractivity (Wildman–Crippen MR) is 105 cm³/mol. The van der Waals surface area contributed by atoms with E-state index in [9.17, 15) is 9.59 Å². The van der Waals surface area contributed by atoms with E-state index in [0.29, 0.717) is 44.9 Å². The van der Waals surface area contributed by atoms with Gasteiger partial charge in [-0.3, -0.25) is 9.59 Å². The summed E-state index contributed by atoms with van der Waals surface area (Å²) in [6.07, 6.45) is 6.15. The molecule has 1 aliphatic carbocycles. The van der Waals surface area contributed by atoms with E-state index < -0.39 is 6.04 Å². The van der Waals surface area contributed by atoms with E-state index >= 15 is 0 Å². The van der Waals surface area contributed by atoms with E-state index in [2.05, 4.69) is 0 Å². The van der Waals surface area contributed by atoms with Crippen molar-refractivity contribution in [2.75, 3.05) is 26.2 Å². The second-order valence-corrected chi connectivity index (χ2v) is 7.36. The maximum absolute atomic E-state index is 12.6. The molecule has 0 radical (unpaired) electrons. The molecule has 2 amide bonds. The molecule has 1 atom stereocenters. The minimum atomic E-state index is -0.511. The molecular formula is C20H30ClN3O2. The molecule has 3 rings (SSSR count). The third-order valence-electron chi connectivity index (χ3n) is 5.50. The highest BCUT2D eigenvalue weighted by molar-refractivity contribution is 5.85. The quantitative estimate of drug-likeness (QED) is 0.853. The number of benzene rings is 1. The number of piperazine rings is 1. The Kier molecular flexibility index (Phi) is 7.91. The van der Waals surface area contributed by atoms with Crippen molar-refractivity contribution in [3.8, 4) is 0 Å². The lowest BCUT2D eigenvalue weighted by molar-refractivity contribution is -0.140. The van der Waals surface area contributed by atoms with Crippen molar-refractivity contribution >= 4 is 24.2 Å². The summed E-state index contributed by atoms with van der Waals surface area (Å²) in [5.74, 6) is 0.825. The fourth-order valence-electron chi connectivity index (χ4n) is 3.96. The summed E-state index contributed by atoms with van der Waals surface area (Å²) < 4.78 is 0. The van der Waals surface area contributed by atoms with Gasteiger partial charge in [-0.1, -0.05) is 43.2 Å². The summed E-state index contributed by atoms with van der Waals surface area (Å²) in [5, 5.41) is 0. The molecule has 2 N–H and O–H groups in total. The summed E-state index contributed by atoms with van der Waals surface area (Å²) in [4.78, 5) is 28.7. The normalized spacial score (nSPS) is 19.1. The highest BCUT2D eigenvalue weighted by Crippen LogP contribution is 2.28. The number of rotatable bonds is 5. The first-order chi connectivity index (χ1) is 12.1. The van der Waals surface area contributed by atoms with Gasteiger partial charge in [-0.15, -0.1) is 12.4 Å². The minimum Gasteiger partial charge on any atom is -0.339 e. The van der Waals surface area contributed by atoms with Crippen LogP contribution >= 0.6 is 12.4 Å². The van der Waals surface area contributed by atoms with Crippen molar-refractivity contribution in [1.29, 1.82) is 0 Å². The Morgan fingerprint density at radius 1 is 1.00 bits per heavy atom. The molecule has 0 spiro atoms. The van der Waals surface area contributed by atoms with Gasteiger partial charge in [0.05, 0.1) is 6.04 Å². The monoisotopic (exact) mass is 379 g/mol. The maximum atomic E-state index is 12.6. The highest BCUT2D eigenvalue weighted by Gasteiger charge is 2.28. The lowest BCUT2D eigenvalue weighted by Gasteiger charge is -2.36. The van der Waals surface area contributed by atoms with Gasteiger partial charge in [0.2, 0.25) is 11.8 Å². The molecule has 1 saturated carbocycles. The molecule has 1 heterocycles. The van der Waals surface area contributed by atoms with Crippen LogP contribution in [0.15, 0.2) is 30.3 Å². The van der Waals surface area contributed by atoms with Gasteiger partial charge in [-0.05, 0) is 30.7 Å². The van der Waals surface area contributed by atoms with Gasteiger partial charge in [-0.2, -0.15) is 0 Å². The van der Waals surface area contributed by atoms with Crippen molar-refractivity contribution in [3.05, 3.63) is 35.9 Å². The largest absolute Gasteiger partial charge is 0.339 e. The van der Waals surface area contributed by atoms with Crippen molar-refractivity contribution in [2.45, 2.75) is 44.6 Å². The third kappa shape index (κ3) is 5.45. The first-order valence-corrected chi connectivity index (χ1v) is 9.49. The second kappa shape index (κ2) is 9.93. The van der Waals surface area contributed by atoms with Gasteiger partial charge in [0.1, 0.15) is 0 Å². The van der Waals surface area contributed by atoms with Crippen LogP contribution in [0.3, 0.4) is 0 Å². The Morgan fingerprint density at radius 3 is 2.19 bits per heavy atom. The lowest BCUT2D eigenvalue weighted by atomic mass is 10.0. The molecule has 1 aromatic rings. The van der Waals surface area contributed by atoms with Gasteiger partial charge in [0, 0.05) is 32.6 Å². The molecule has 0 bridgehead atoms. The molecular weight excluding hydrogens is 350 g/mol. The molecule has 1 aromatic carbocycles. The standard InChI is InChI=1S/C20H29N3O2.ClH/c21-18(14-16-6-2-1-3-7-16)20(25)23-12-10-22(11-13-23)19(24)15-17-8-4-5-9-17;/h1-3,6-7,17-18H,4-5,8-15,21H2;1H/t18-;/m0./s1. The van der Waals surface area contributed by atoms with Crippen LogP contribution in [0, 0.1) is 5.92 Å². The average Bonchev–Trinajstić information content (AvgIpc) is 3.15. The van der Waals surface area contributed by atoms with E-state index in [1.165, 1.54) is 25.7 Å². The molecule has 6 heteroatoms. The van der Waals surface area contributed by atoms with Crippen molar-refractivity contribution in [3.63, 3.8) is 0 Å². The SMILES string of the molecule is Cl.N[C@@H](Cc1ccccc1)C(=O)N1CCN(C(=O)CC2CCCC2)CC1. The van der Waals surface area contributed by atoms with Crippen LogP contribution in [0.5, 0.6) is 0 Å². The second-order valence-electron chi connectivity index (χ2n) is 7.36. The molecule has 1 saturated heterocycles. The Labute approximate surface area is 162 Å². The van der Waals surface area contributed by atoms with E-state index in [1.54, 1.807) is 0 Å². The number of hydrogen-bond acceptors (Lipinski definition) is 3. The Balaban J connectivity index is 0.00000243. The highest BCUT2D eigenvalue weighted by atomic mass is 35.5. The summed E-state index contributed by atoms with van der Waals surface area (Å²) in [5.41, 5.74) is 7.19. The number of halogens is 1. The fourth-order valence-corrected chi connectivity index (χ4v) is 3.96. The molecule has 5 nitrogen and oxygen atoms in total. The molecule has 26 heavy (non-hydrogen) atoms. The molecule has 2 fully saturated rings.